The average Bonchev–Trinajstić information content (AvgIpc) is 3.14. The van der Waals surface area contributed by atoms with Gasteiger partial charge in [-0.15, -0.1) is 11.8 Å². The molecule has 1 aliphatic carbocycles. The van der Waals surface area contributed by atoms with Gasteiger partial charge in [0.05, 0.1) is 17.2 Å². The highest BCUT2D eigenvalue weighted by molar-refractivity contribution is 7.98. The zero-order chi connectivity index (χ0) is 36.4. The Morgan fingerprint density at radius 3 is 2.18 bits per heavy atom. The second-order valence-electron chi connectivity index (χ2n) is 12.4. The number of amides is 2. The molecule has 0 bridgehead atoms. The third kappa shape index (κ3) is 9.80. The topological polar surface area (TPSA) is 96.0 Å². The van der Waals surface area contributed by atoms with Gasteiger partial charge in [0, 0.05) is 39.5 Å². The Kier molecular flexibility index (Phi) is 13.7. The second kappa shape index (κ2) is 18.2. The molecule has 1 atom stereocenters. The molecule has 2 amide bonds. The van der Waals surface area contributed by atoms with Gasteiger partial charge < -0.3 is 15.0 Å². The zero-order valence-corrected chi connectivity index (χ0v) is 31.9. The van der Waals surface area contributed by atoms with E-state index in [0.717, 1.165) is 46.9 Å². The van der Waals surface area contributed by atoms with E-state index in [0.29, 0.717) is 21.4 Å². The Hall–Kier alpha value is -3.70. The Morgan fingerprint density at radius 1 is 0.882 bits per heavy atom. The van der Waals surface area contributed by atoms with Crippen molar-refractivity contribution >= 4 is 62.5 Å². The van der Waals surface area contributed by atoms with E-state index in [4.69, 9.17) is 27.9 Å². The number of halogens is 2. The fraction of sp³-hybridized carbons (Fsp3) is 0.333. The van der Waals surface area contributed by atoms with Crippen molar-refractivity contribution in [1.82, 2.24) is 10.2 Å². The number of para-hydroxylation sites is 2. The SMILES string of the molecule is CCOc1ccccc1N(CC(=O)N(Cc1c(Cl)cccc1Cl)[C@H](Cc1ccccc1)C(=O)NC1CCCCC1)S(=O)(=O)c1ccc(SC)cc1. The van der Waals surface area contributed by atoms with Gasteiger partial charge in [0.25, 0.3) is 10.0 Å². The maximum atomic E-state index is 14.9. The molecular weight excluding hydrogens is 725 g/mol. The van der Waals surface area contributed by atoms with Gasteiger partial charge in [-0.25, -0.2) is 8.42 Å². The molecule has 1 aliphatic rings. The lowest BCUT2D eigenvalue weighted by Crippen LogP contribution is -2.55. The molecule has 0 unspecified atom stereocenters. The summed E-state index contributed by atoms with van der Waals surface area (Å²) in [6, 6.07) is 26.7. The van der Waals surface area contributed by atoms with Crippen molar-refractivity contribution in [2.45, 2.75) is 73.9 Å². The van der Waals surface area contributed by atoms with Crippen LogP contribution < -0.4 is 14.4 Å². The lowest BCUT2D eigenvalue weighted by atomic mass is 9.94. The van der Waals surface area contributed by atoms with E-state index in [-0.39, 0.29) is 42.1 Å². The van der Waals surface area contributed by atoms with Crippen LogP contribution >= 0.6 is 35.0 Å². The average molecular weight is 769 g/mol. The number of sulfonamides is 1. The minimum Gasteiger partial charge on any atom is -0.492 e. The quantitative estimate of drug-likeness (QED) is 0.122. The Morgan fingerprint density at radius 2 is 1.53 bits per heavy atom. The van der Waals surface area contributed by atoms with E-state index in [1.165, 1.54) is 28.8 Å². The smallest absolute Gasteiger partial charge is 0.264 e. The van der Waals surface area contributed by atoms with Crippen molar-refractivity contribution in [2.75, 3.05) is 23.7 Å². The third-order valence-electron chi connectivity index (χ3n) is 8.97. The largest absolute Gasteiger partial charge is 0.492 e. The minimum absolute atomic E-state index is 0.0102. The Bertz CT molecular complexity index is 1870. The van der Waals surface area contributed by atoms with E-state index in [2.05, 4.69) is 5.32 Å². The predicted molar refractivity (Wildman–Crippen MR) is 206 cm³/mol. The third-order valence-corrected chi connectivity index (χ3v) is 12.2. The van der Waals surface area contributed by atoms with Crippen LogP contribution in [0.1, 0.15) is 50.2 Å². The van der Waals surface area contributed by atoms with Gasteiger partial charge in [-0.05, 0) is 80.1 Å². The highest BCUT2D eigenvalue weighted by Crippen LogP contribution is 2.34. The number of thioether (sulfide) groups is 1. The van der Waals surface area contributed by atoms with Crippen molar-refractivity contribution in [3.8, 4) is 5.75 Å². The molecular formula is C39H43Cl2N3O5S2. The van der Waals surface area contributed by atoms with Crippen LogP contribution in [0.25, 0.3) is 0 Å². The maximum absolute atomic E-state index is 14.9. The van der Waals surface area contributed by atoms with E-state index < -0.39 is 28.5 Å². The highest BCUT2D eigenvalue weighted by Gasteiger charge is 2.36. The molecule has 0 aromatic heterocycles. The summed E-state index contributed by atoms with van der Waals surface area (Å²) in [7, 11) is -4.32. The van der Waals surface area contributed by atoms with Crippen LogP contribution in [0.3, 0.4) is 0 Å². The number of hydrogen-bond donors (Lipinski definition) is 1. The number of anilines is 1. The molecule has 4 aromatic carbocycles. The summed E-state index contributed by atoms with van der Waals surface area (Å²) in [5, 5.41) is 3.87. The number of carbonyl (C=O) groups excluding carboxylic acids is 2. The molecule has 0 heterocycles. The van der Waals surface area contributed by atoms with Crippen LogP contribution in [0.2, 0.25) is 10.0 Å². The van der Waals surface area contributed by atoms with Crippen molar-refractivity contribution in [3.05, 3.63) is 118 Å². The molecule has 0 aliphatic heterocycles. The highest BCUT2D eigenvalue weighted by atomic mass is 35.5. The number of nitrogens with zero attached hydrogens (tertiary/aromatic N) is 2. The molecule has 1 N–H and O–H groups in total. The predicted octanol–water partition coefficient (Wildman–Crippen LogP) is 8.40. The van der Waals surface area contributed by atoms with Crippen molar-refractivity contribution in [3.63, 3.8) is 0 Å². The summed E-state index contributed by atoms with van der Waals surface area (Å²) in [5.74, 6) is -0.630. The standard InChI is InChI=1S/C39H43Cl2N3O5S2/c1-3-49-37-20-11-10-19-35(37)44(51(47,48)31-23-21-30(50-2)22-24-31)27-38(45)43(26-32-33(40)17-12-18-34(32)41)36(25-28-13-6-4-7-14-28)39(46)42-29-15-8-5-9-16-29/h4,6-7,10-14,17-24,29,36H,3,5,8-9,15-16,25-27H2,1-2H3,(H,42,46)/t36-/m1/s1. The van der Waals surface area contributed by atoms with Gasteiger partial charge in [0.2, 0.25) is 11.8 Å². The molecule has 5 rings (SSSR count). The van der Waals surface area contributed by atoms with Crippen molar-refractivity contribution in [2.24, 2.45) is 0 Å². The maximum Gasteiger partial charge on any atom is 0.264 e. The minimum atomic E-state index is -4.32. The monoisotopic (exact) mass is 767 g/mol. The molecule has 12 heteroatoms. The molecule has 4 aromatic rings. The summed E-state index contributed by atoms with van der Waals surface area (Å²) in [6.07, 6.45) is 6.93. The Labute approximate surface area is 315 Å². The lowest BCUT2D eigenvalue weighted by molar-refractivity contribution is -0.140. The van der Waals surface area contributed by atoms with Crippen LogP contribution in [0.15, 0.2) is 107 Å². The summed E-state index contributed by atoms with van der Waals surface area (Å²) in [4.78, 5) is 31.6. The van der Waals surface area contributed by atoms with Gasteiger partial charge in [0.15, 0.2) is 0 Å². The molecule has 0 saturated heterocycles. The molecule has 0 spiro atoms. The molecule has 0 radical (unpaired) electrons. The van der Waals surface area contributed by atoms with Gasteiger partial charge >= 0.3 is 0 Å². The van der Waals surface area contributed by atoms with Crippen molar-refractivity contribution in [1.29, 1.82) is 0 Å². The van der Waals surface area contributed by atoms with Crippen LogP contribution in [0.4, 0.5) is 5.69 Å². The van der Waals surface area contributed by atoms with Gasteiger partial charge in [-0.3, -0.25) is 13.9 Å². The summed E-state index contributed by atoms with van der Waals surface area (Å²) in [6.45, 7) is 1.33. The van der Waals surface area contributed by atoms with Crippen LogP contribution in [-0.2, 0) is 32.6 Å². The normalized spacial score (nSPS) is 14.0. The first-order valence-corrected chi connectivity index (χ1v) is 20.5. The molecule has 1 saturated carbocycles. The number of rotatable bonds is 15. The summed E-state index contributed by atoms with van der Waals surface area (Å²) >= 11 is 14.8. The first-order chi connectivity index (χ1) is 24.6. The number of nitrogens with one attached hydrogen (secondary N) is 1. The number of ether oxygens (including phenoxy) is 1. The molecule has 1 fully saturated rings. The zero-order valence-electron chi connectivity index (χ0n) is 28.8. The second-order valence-corrected chi connectivity index (χ2v) is 15.9. The Balaban J connectivity index is 1.62. The molecule has 8 nitrogen and oxygen atoms in total. The van der Waals surface area contributed by atoms with E-state index in [9.17, 15) is 18.0 Å². The lowest BCUT2D eigenvalue weighted by Gasteiger charge is -2.35. The van der Waals surface area contributed by atoms with Crippen LogP contribution in [0, 0.1) is 0 Å². The number of hydrogen-bond acceptors (Lipinski definition) is 6. The summed E-state index contributed by atoms with van der Waals surface area (Å²) < 4.78 is 36.0. The van der Waals surface area contributed by atoms with E-state index in [1.807, 2.05) is 36.6 Å². The van der Waals surface area contributed by atoms with Crippen LogP contribution in [-0.4, -0.2) is 56.6 Å². The van der Waals surface area contributed by atoms with E-state index >= 15 is 0 Å². The first kappa shape index (κ1) is 38.5. The van der Waals surface area contributed by atoms with Gasteiger partial charge in [-0.1, -0.05) is 91.0 Å². The van der Waals surface area contributed by atoms with Crippen molar-refractivity contribution < 1.29 is 22.7 Å². The molecule has 51 heavy (non-hydrogen) atoms. The fourth-order valence-electron chi connectivity index (χ4n) is 6.28. The number of carbonyl (C=O) groups is 2. The van der Waals surface area contributed by atoms with Crippen LogP contribution in [0.5, 0.6) is 5.75 Å². The number of benzene rings is 4. The first-order valence-electron chi connectivity index (χ1n) is 17.1. The summed E-state index contributed by atoms with van der Waals surface area (Å²) in [5.41, 5.74) is 1.49. The fourth-order valence-corrected chi connectivity index (χ4v) is 8.63. The van der Waals surface area contributed by atoms with Gasteiger partial charge in [0.1, 0.15) is 18.3 Å². The van der Waals surface area contributed by atoms with E-state index in [1.54, 1.807) is 61.5 Å². The van der Waals surface area contributed by atoms with Gasteiger partial charge in [-0.2, -0.15) is 0 Å². The molecule has 270 valence electrons.